The van der Waals surface area contributed by atoms with Crippen molar-refractivity contribution in [2.24, 2.45) is 0 Å². The second-order valence-electron chi connectivity index (χ2n) is 8.16. The Kier molecular flexibility index (Phi) is 10.1. The fourth-order valence-corrected chi connectivity index (χ4v) is 3.31. The maximum Gasteiger partial charge on any atom is 0.343 e. The van der Waals surface area contributed by atoms with Gasteiger partial charge in [-0.05, 0) is 78.6 Å². The van der Waals surface area contributed by atoms with Gasteiger partial charge in [-0.2, -0.15) is 5.26 Å². The van der Waals surface area contributed by atoms with E-state index in [1.807, 2.05) is 6.07 Å². The standard InChI is InChI=1S/C29H29N3O5/c30-17-2-1-3-18-35-25-13-8-23(9-14-25)29(34)37-26-11-4-21(5-12-26)6-15-28(33)36-19-16-22-7-10-24(31)20-27(22)32/h4-15,20H,1-3,16,18-19,31-32H2/b15-6+. The van der Waals surface area contributed by atoms with Gasteiger partial charge in [0.05, 0.1) is 24.8 Å². The molecule has 8 heteroatoms. The lowest BCUT2D eigenvalue weighted by Gasteiger charge is -2.07. The van der Waals surface area contributed by atoms with Crippen LogP contribution in [0.2, 0.25) is 0 Å². The first kappa shape index (κ1) is 26.8. The van der Waals surface area contributed by atoms with Crippen LogP contribution in [0.25, 0.3) is 6.08 Å². The monoisotopic (exact) mass is 499 g/mol. The second kappa shape index (κ2) is 14.0. The normalized spacial score (nSPS) is 10.6. The zero-order valence-corrected chi connectivity index (χ0v) is 20.4. The predicted molar refractivity (Wildman–Crippen MR) is 142 cm³/mol. The van der Waals surface area contributed by atoms with Crippen molar-refractivity contribution >= 4 is 29.4 Å². The average Bonchev–Trinajstić information content (AvgIpc) is 2.90. The Morgan fingerprint density at radius 1 is 0.892 bits per heavy atom. The zero-order chi connectivity index (χ0) is 26.5. The molecule has 0 radical (unpaired) electrons. The lowest BCUT2D eigenvalue weighted by molar-refractivity contribution is -0.137. The molecule has 0 saturated heterocycles. The number of carbonyl (C=O) groups excluding carboxylic acids is 2. The molecular weight excluding hydrogens is 470 g/mol. The smallest absolute Gasteiger partial charge is 0.343 e. The molecule has 8 nitrogen and oxygen atoms in total. The number of ether oxygens (including phenoxy) is 3. The summed E-state index contributed by atoms with van der Waals surface area (Å²) in [7, 11) is 0. The summed E-state index contributed by atoms with van der Waals surface area (Å²) in [6.07, 6.45) is 5.54. The lowest BCUT2D eigenvalue weighted by Crippen LogP contribution is -2.08. The number of unbranched alkanes of at least 4 members (excludes halogenated alkanes) is 2. The van der Waals surface area contributed by atoms with E-state index in [1.54, 1.807) is 66.7 Å². The first-order chi connectivity index (χ1) is 17.9. The molecule has 0 unspecified atom stereocenters. The number of nitrogens with two attached hydrogens (primary N) is 2. The molecule has 0 bridgehead atoms. The third-order valence-corrected chi connectivity index (χ3v) is 5.33. The van der Waals surface area contributed by atoms with Crippen molar-refractivity contribution < 1.29 is 23.8 Å². The fraction of sp³-hybridized carbons (Fsp3) is 0.207. The van der Waals surface area contributed by atoms with Gasteiger partial charge in [-0.3, -0.25) is 0 Å². The summed E-state index contributed by atoms with van der Waals surface area (Å²) in [6.45, 7) is 0.713. The molecule has 0 saturated carbocycles. The van der Waals surface area contributed by atoms with Gasteiger partial charge in [-0.1, -0.05) is 18.2 Å². The van der Waals surface area contributed by atoms with E-state index in [9.17, 15) is 9.59 Å². The maximum absolute atomic E-state index is 12.4. The zero-order valence-electron chi connectivity index (χ0n) is 20.4. The summed E-state index contributed by atoms with van der Waals surface area (Å²) in [4.78, 5) is 24.4. The van der Waals surface area contributed by atoms with Gasteiger partial charge < -0.3 is 25.7 Å². The van der Waals surface area contributed by atoms with Crippen molar-refractivity contribution in [2.45, 2.75) is 25.7 Å². The summed E-state index contributed by atoms with van der Waals surface area (Å²) in [5, 5.41) is 8.54. The van der Waals surface area contributed by atoms with Crippen molar-refractivity contribution in [1.82, 2.24) is 0 Å². The van der Waals surface area contributed by atoms with Crippen molar-refractivity contribution in [3.05, 3.63) is 89.5 Å². The highest BCUT2D eigenvalue weighted by atomic mass is 16.5. The number of hydrogen-bond acceptors (Lipinski definition) is 8. The number of hydrogen-bond donors (Lipinski definition) is 2. The molecule has 190 valence electrons. The molecular formula is C29H29N3O5. The van der Waals surface area contributed by atoms with Gasteiger partial charge in [0.1, 0.15) is 11.5 Å². The molecule has 3 aromatic rings. The Morgan fingerprint density at radius 2 is 1.62 bits per heavy atom. The number of carbonyl (C=O) groups is 2. The second-order valence-corrected chi connectivity index (χ2v) is 8.16. The van der Waals surface area contributed by atoms with Gasteiger partial charge in [0, 0.05) is 30.3 Å². The fourth-order valence-electron chi connectivity index (χ4n) is 3.31. The summed E-state index contributed by atoms with van der Waals surface area (Å²) >= 11 is 0. The average molecular weight is 500 g/mol. The molecule has 0 amide bonds. The third kappa shape index (κ3) is 9.07. The molecule has 37 heavy (non-hydrogen) atoms. The largest absolute Gasteiger partial charge is 0.494 e. The molecule has 0 aromatic heterocycles. The van der Waals surface area contributed by atoms with Crippen LogP contribution in [0.5, 0.6) is 11.5 Å². The molecule has 3 rings (SSSR count). The molecule has 0 atom stereocenters. The van der Waals surface area contributed by atoms with E-state index in [2.05, 4.69) is 6.07 Å². The molecule has 0 aliphatic rings. The minimum Gasteiger partial charge on any atom is -0.494 e. The van der Waals surface area contributed by atoms with Crippen LogP contribution in [-0.4, -0.2) is 25.2 Å². The quantitative estimate of drug-likeness (QED) is 0.117. The Labute approximate surface area is 216 Å². The minimum atomic E-state index is -0.492. The van der Waals surface area contributed by atoms with Crippen LogP contribution in [0.1, 0.15) is 40.7 Å². The lowest BCUT2D eigenvalue weighted by atomic mass is 10.1. The van der Waals surface area contributed by atoms with Gasteiger partial charge in [0.25, 0.3) is 0 Å². The molecule has 3 aromatic carbocycles. The van der Waals surface area contributed by atoms with E-state index in [1.165, 1.54) is 6.08 Å². The van der Waals surface area contributed by atoms with Crippen molar-refractivity contribution in [2.75, 3.05) is 24.7 Å². The van der Waals surface area contributed by atoms with Crippen molar-refractivity contribution in [1.29, 1.82) is 5.26 Å². The van der Waals surface area contributed by atoms with Gasteiger partial charge in [-0.15, -0.1) is 0 Å². The number of benzene rings is 3. The summed E-state index contributed by atoms with van der Waals surface area (Å²) in [6, 6.07) is 20.8. The summed E-state index contributed by atoms with van der Waals surface area (Å²) in [5.74, 6) is 0.0643. The molecule has 0 aliphatic carbocycles. The van der Waals surface area contributed by atoms with Gasteiger partial charge in [0.15, 0.2) is 0 Å². The van der Waals surface area contributed by atoms with Gasteiger partial charge >= 0.3 is 11.9 Å². The summed E-state index contributed by atoms with van der Waals surface area (Å²) in [5.41, 5.74) is 14.7. The van der Waals surface area contributed by atoms with E-state index < -0.39 is 11.9 Å². The van der Waals surface area contributed by atoms with Crippen LogP contribution in [0.15, 0.2) is 72.8 Å². The SMILES string of the molecule is N#CCCCCOc1ccc(C(=O)Oc2ccc(/C=C/C(=O)OCCc3ccc(N)cc3N)cc2)cc1. The molecule has 0 fully saturated rings. The van der Waals surface area contributed by atoms with Crippen molar-refractivity contribution in [3.63, 3.8) is 0 Å². The van der Waals surface area contributed by atoms with Crippen LogP contribution in [0.4, 0.5) is 11.4 Å². The highest BCUT2D eigenvalue weighted by Gasteiger charge is 2.09. The van der Waals surface area contributed by atoms with E-state index in [0.717, 1.165) is 24.0 Å². The molecule has 0 aliphatic heterocycles. The first-order valence-corrected chi connectivity index (χ1v) is 11.9. The Morgan fingerprint density at radius 3 is 2.32 bits per heavy atom. The highest BCUT2D eigenvalue weighted by molar-refractivity contribution is 5.91. The number of nitrogen functional groups attached to an aromatic ring is 2. The van der Waals surface area contributed by atoms with Crippen LogP contribution in [-0.2, 0) is 16.0 Å². The van der Waals surface area contributed by atoms with E-state index in [4.69, 9.17) is 30.9 Å². The number of rotatable bonds is 12. The predicted octanol–water partition coefficient (Wildman–Crippen LogP) is 4.94. The van der Waals surface area contributed by atoms with Gasteiger partial charge in [0.2, 0.25) is 0 Å². The first-order valence-electron chi connectivity index (χ1n) is 11.9. The number of nitriles is 1. The van der Waals surface area contributed by atoms with E-state index in [-0.39, 0.29) is 6.61 Å². The molecule has 4 N–H and O–H groups in total. The molecule has 0 spiro atoms. The van der Waals surface area contributed by atoms with Crippen LogP contribution >= 0.6 is 0 Å². The Balaban J connectivity index is 1.42. The van der Waals surface area contributed by atoms with Crippen molar-refractivity contribution in [3.8, 4) is 17.6 Å². The van der Waals surface area contributed by atoms with Crippen LogP contribution in [0.3, 0.4) is 0 Å². The number of anilines is 2. The Bertz CT molecular complexity index is 1260. The minimum absolute atomic E-state index is 0.196. The third-order valence-electron chi connectivity index (χ3n) is 5.33. The maximum atomic E-state index is 12.4. The highest BCUT2D eigenvalue weighted by Crippen LogP contribution is 2.18. The number of esters is 2. The Hall–Kier alpha value is -4.77. The summed E-state index contributed by atoms with van der Waals surface area (Å²) < 4.78 is 16.2. The van der Waals surface area contributed by atoms with Gasteiger partial charge in [-0.25, -0.2) is 9.59 Å². The van der Waals surface area contributed by atoms with Crippen LogP contribution < -0.4 is 20.9 Å². The molecule has 0 heterocycles. The van der Waals surface area contributed by atoms with E-state index >= 15 is 0 Å². The topological polar surface area (TPSA) is 138 Å². The van der Waals surface area contributed by atoms with E-state index in [0.29, 0.717) is 47.9 Å². The van der Waals surface area contributed by atoms with Crippen LogP contribution in [0, 0.1) is 11.3 Å². The number of nitrogens with zero attached hydrogens (tertiary/aromatic N) is 1.